The Hall–Kier alpha value is -3.68. The molecular weight excluding hydrogens is 404 g/mol. The van der Waals surface area contributed by atoms with Gasteiger partial charge in [0, 0.05) is 53.8 Å². The van der Waals surface area contributed by atoms with Crippen LogP contribution in [0.1, 0.15) is 51.8 Å². The van der Waals surface area contributed by atoms with Crippen molar-refractivity contribution in [3.63, 3.8) is 0 Å². The van der Waals surface area contributed by atoms with Gasteiger partial charge in [-0.1, -0.05) is 0 Å². The summed E-state index contributed by atoms with van der Waals surface area (Å²) in [6.07, 6.45) is 8.33. The van der Waals surface area contributed by atoms with Crippen LogP contribution in [0.25, 0.3) is 5.65 Å². The normalized spacial score (nSPS) is 19.4. The van der Waals surface area contributed by atoms with Gasteiger partial charge in [-0.05, 0) is 44.0 Å². The van der Waals surface area contributed by atoms with E-state index in [0.29, 0.717) is 12.1 Å². The number of nitrogens with zero attached hydrogens (tertiary/aromatic N) is 6. The lowest BCUT2D eigenvalue weighted by Crippen LogP contribution is -2.42. The van der Waals surface area contributed by atoms with Crippen LogP contribution >= 0.6 is 0 Å². The van der Waals surface area contributed by atoms with Gasteiger partial charge in [-0.2, -0.15) is 10.2 Å². The molecule has 162 valence electrons. The number of ether oxygens (including phenoxy) is 1. The first-order valence-corrected chi connectivity index (χ1v) is 10.9. The van der Waals surface area contributed by atoms with Crippen LogP contribution in [0, 0.1) is 6.92 Å². The van der Waals surface area contributed by atoms with Crippen LogP contribution in [0.4, 0.5) is 0 Å². The smallest absolute Gasteiger partial charge is 0.254 e. The number of benzene rings is 1. The van der Waals surface area contributed by atoms with Crippen molar-refractivity contribution in [3.05, 3.63) is 77.0 Å². The molecule has 8 heteroatoms. The summed E-state index contributed by atoms with van der Waals surface area (Å²) in [4.78, 5) is 20.4. The maximum absolute atomic E-state index is 13.7. The molecule has 8 nitrogen and oxygen atoms in total. The molecule has 1 amide bonds. The van der Waals surface area contributed by atoms with Crippen molar-refractivity contribution in [3.8, 4) is 5.75 Å². The molecule has 2 aliphatic rings. The first kappa shape index (κ1) is 19.0. The van der Waals surface area contributed by atoms with Gasteiger partial charge >= 0.3 is 0 Å². The van der Waals surface area contributed by atoms with E-state index in [1.54, 1.807) is 13.3 Å². The van der Waals surface area contributed by atoms with E-state index in [9.17, 15) is 4.79 Å². The standard InChI is InChI=1S/C24H24N6O2/c1-15-10-23-25-13-19-20-6-5-18(12-21(19)30(23)27-15)29(20)24(31)16-4-7-22(32-2)17(11-16)14-28-9-3-8-26-28/h3-4,7-11,13,18,20H,5-6,12,14H2,1-2H3. The molecule has 2 unspecified atom stereocenters. The lowest BCUT2D eigenvalue weighted by molar-refractivity contribution is 0.0642. The van der Waals surface area contributed by atoms with Gasteiger partial charge in [0.25, 0.3) is 5.91 Å². The predicted molar refractivity (Wildman–Crippen MR) is 118 cm³/mol. The molecule has 5 heterocycles. The van der Waals surface area contributed by atoms with Crippen LogP contribution in [0.5, 0.6) is 5.75 Å². The van der Waals surface area contributed by atoms with Crippen LogP contribution in [0.15, 0.2) is 48.9 Å². The molecule has 3 aromatic heterocycles. The van der Waals surface area contributed by atoms with Gasteiger partial charge < -0.3 is 9.64 Å². The molecule has 0 aliphatic carbocycles. The summed E-state index contributed by atoms with van der Waals surface area (Å²) in [6.45, 7) is 2.53. The van der Waals surface area contributed by atoms with E-state index >= 15 is 0 Å². The second-order valence-electron chi connectivity index (χ2n) is 8.61. The number of aromatic nitrogens is 5. The third-order valence-corrected chi connectivity index (χ3v) is 6.68. The van der Waals surface area contributed by atoms with Gasteiger partial charge in [0.15, 0.2) is 5.65 Å². The number of aryl methyl sites for hydroxylation is 1. The van der Waals surface area contributed by atoms with E-state index in [1.807, 2.05) is 58.8 Å². The molecule has 4 aromatic rings. The predicted octanol–water partition coefficient (Wildman–Crippen LogP) is 3.19. The van der Waals surface area contributed by atoms with E-state index in [2.05, 4.69) is 20.1 Å². The van der Waals surface area contributed by atoms with Crippen molar-refractivity contribution < 1.29 is 9.53 Å². The summed E-state index contributed by atoms with van der Waals surface area (Å²) in [6, 6.07) is 9.77. The second kappa shape index (κ2) is 7.19. The van der Waals surface area contributed by atoms with Gasteiger partial charge in [-0.15, -0.1) is 0 Å². The molecule has 2 atom stereocenters. The maximum atomic E-state index is 13.7. The van der Waals surface area contributed by atoms with Crippen LogP contribution in [-0.2, 0) is 13.0 Å². The first-order chi connectivity index (χ1) is 15.6. The van der Waals surface area contributed by atoms with Gasteiger partial charge in [-0.3, -0.25) is 9.48 Å². The van der Waals surface area contributed by atoms with Gasteiger partial charge in [-0.25, -0.2) is 9.50 Å². The molecule has 1 fully saturated rings. The third-order valence-electron chi connectivity index (χ3n) is 6.68. The molecule has 0 spiro atoms. The Morgan fingerprint density at radius 1 is 1.25 bits per heavy atom. The molecule has 2 bridgehead atoms. The monoisotopic (exact) mass is 428 g/mol. The molecule has 0 saturated carbocycles. The van der Waals surface area contributed by atoms with Crippen LogP contribution in [0.3, 0.4) is 0 Å². The van der Waals surface area contributed by atoms with Gasteiger partial charge in [0.2, 0.25) is 0 Å². The number of carbonyl (C=O) groups excluding carboxylic acids is 1. The zero-order chi connectivity index (χ0) is 21.8. The SMILES string of the molecule is COc1ccc(C(=O)N2C3CCC2c2cnc4cc(C)nn4c2C3)cc1Cn1cccn1. The Balaban J connectivity index is 1.36. The highest BCUT2D eigenvalue weighted by molar-refractivity contribution is 5.95. The Morgan fingerprint density at radius 3 is 2.97 bits per heavy atom. The number of hydrogen-bond acceptors (Lipinski definition) is 5. The average Bonchev–Trinajstić information content (AvgIpc) is 3.51. The Morgan fingerprint density at radius 2 is 2.16 bits per heavy atom. The lowest BCUT2D eigenvalue weighted by atomic mass is 9.97. The number of methoxy groups -OCH3 is 1. The fourth-order valence-electron chi connectivity index (χ4n) is 5.26. The number of rotatable bonds is 4. The number of hydrogen-bond donors (Lipinski definition) is 0. The quantitative estimate of drug-likeness (QED) is 0.499. The largest absolute Gasteiger partial charge is 0.496 e. The first-order valence-electron chi connectivity index (χ1n) is 10.9. The number of carbonyl (C=O) groups is 1. The molecule has 1 aromatic carbocycles. The highest BCUT2D eigenvalue weighted by Crippen LogP contribution is 2.44. The molecule has 1 saturated heterocycles. The fourth-order valence-corrected chi connectivity index (χ4v) is 5.26. The van der Waals surface area contributed by atoms with Crippen molar-refractivity contribution in [2.75, 3.05) is 7.11 Å². The van der Waals surface area contributed by atoms with Crippen LogP contribution in [-0.4, -0.2) is 48.3 Å². The van der Waals surface area contributed by atoms with E-state index in [4.69, 9.17) is 4.74 Å². The molecule has 6 rings (SSSR count). The Labute approximate surface area is 185 Å². The molecule has 32 heavy (non-hydrogen) atoms. The second-order valence-corrected chi connectivity index (χ2v) is 8.61. The summed E-state index contributed by atoms with van der Waals surface area (Å²) in [7, 11) is 1.65. The zero-order valence-corrected chi connectivity index (χ0v) is 18.1. The minimum absolute atomic E-state index is 0.0364. The summed E-state index contributed by atoms with van der Waals surface area (Å²) < 4.78 is 9.33. The summed E-state index contributed by atoms with van der Waals surface area (Å²) in [5.41, 5.74) is 5.75. The zero-order valence-electron chi connectivity index (χ0n) is 18.1. The fraction of sp³-hybridized carbons (Fsp3) is 0.333. The molecule has 0 N–H and O–H groups in total. The Kier molecular flexibility index (Phi) is 4.28. The minimum Gasteiger partial charge on any atom is -0.496 e. The van der Waals surface area contributed by atoms with Gasteiger partial charge in [0.1, 0.15) is 5.75 Å². The average molecular weight is 428 g/mol. The van der Waals surface area contributed by atoms with E-state index in [0.717, 1.165) is 47.5 Å². The Bertz CT molecular complexity index is 1330. The van der Waals surface area contributed by atoms with Crippen LogP contribution in [0.2, 0.25) is 0 Å². The van der Waals surface area contributed by atoms with Crippen molar-refractivity contribution >= 4 is 11.6 Å². The van der Waals surface area contributed by atoms with Crippen molar-refractivity contribution in [2.45, 2.75) is 44.8 Å². The summed E-state index contributed by atoms with van der Waals surface area (Å²) in [5, 5.41) is 8.93. The van der Waals surface area contributed by atoms with Crippen molar-refractivity contribution in [1.82, 2.24) is 29.3 Å². The minimum atomic E-state index is 0.0364. The summed E-state index contributed by atoms with van der Waals surface area (Å²) >= 11 is 0. The number of amides is 1. The molecule has 0 radical (unpaired) electrons. The number of fused-ring (bicyclic) bond motifs is 6. The molecule has 2 aliphatic heterocycles. The highest BCUT2D eigenvalue weighted by Gasteiger charge is 2.44. The topological polar surface area (TPSA) is 77.5 Å². The van der Waals surface area contributed by atoms with Crippen molar-refractivity contribution in [1.29, 1.82) is 0 Å². The van der Waals surface area contributed by atoms with Crippen molar-refractivity contribution in [2.24, 2.45) is 0 Å². The van der Waals surface area contributed by atoms with E-state index in [-0.39, 0.29) is 18.0 Å². The van der Waals surface area contributed by atoms with Crippen LogP contribution < -0.4 is 4.74 Å². The highest BCUT2D eigenvalue weighted by atomic mass is 16.5. The third kappa shape index (κ3) is 2.90. The van der Waals surface area contributed by atoms with E-state index < -0.39 is 0 Å². The van der Waals surface area contributed by atoms with E-state index in [1.165, 1.54) is 5.69 Å². The summed E-state index contributed by atoms with van der Waals surface area (Å²) in [5.74, 6) is 0.814. The van der Waals surface area contributed by atoms with Gasteiger partial charge in [0.05, 0.1) is 31.1 Å². The molecular formula is C24H24N6O2. The lowest BCUT2D eigenvalue weighted by Gasteiger charge is -2.36. The maximum Gasteiger partial charge on any atom is 0.254 e.